The fourth-order valence-corrected chi connectivity index (χ4v) is 3.86. The molecule has 0 unspecified atom stereocenters. The molecule has 6 nitrogen and oxygen atoms in total. The Hall–Kier alpha value is -3.19. The van der Waals surface area contributed by atoms with Crippen molar-refractivity contribution in [2.24, 2.45) is 0 Å². The van der Waals surface area contributed by atoms with Crippen LogP contribution >= 0.6 is 0 Å². The minimum absolute atomic E-state index is 0.0721. The largest absolute Gasteiger partial charge is 0.348 e. The van der Waals surface area contributed by atoms with Crippen molar-refractivity contribution in [3.63, 3.8) is 0 Å². The molecule has 1 amide bonds. The molecule has 0 saturated carbocycles. The van der Waals surface area contributed by atoms with Gasteiger partial charge in [-0.25, -0.2) is 8.42 Å². The van der Waals surface area contributed by atoms with E-state index < -0.39 is 10.0 Å². The maximum Gasteiger partial charge on any atom is 0.262 e. The van der Waals surface area contributed by atoms with Gasteiger partial charge >= 0.3 is 0 Å². The van der Waals surface area contributed by atoms with Crippen molar-refractivity contribution < 1.29 is 13.2 Å². The molecule has 1 aromatic heterocycles. The van der Waals surface area contributed by atoms with Gasteiger partial charge in [-0.15, -0.1) is 0 Å². The molecule has 7 heteroatoms. The predicted molar refractivity (Wildman–Crippen MR) is 104 cm³/mol. The van der Waals surface area contributed by atoms with Gasteiger partial charge < -0.3 is 5.32 Å². The predicted octanol–water partition coefficient (Wildman–Crippen LogP) is 3.12. The van der Waals surface area contributed by atoms with E-state index in [1.54, 1.807) is 73.9 Å². The first kappa shape index (κ1) is 18.6. The van der Waals surface area contributed by atoms with Crippen LogP contribution in [0.5, 0.6) is 0 Å². The third kappa shape index (κ3) is 4.71. The highest BCUT2D eigenvalue weighted by Crippen LogP contribution is 2.21. The lowest BCUT2D eigenvalue weighted by atomic mass is 10.1. The number of hydrogen-bond donors (Lipinski definition) is 2. The number of pyridine rings is 1. The average molecular weight is 381 g/mol. The van der Waals surface area contributed by atoms with Crippen LogP contribution in [-0.2, 0) is 16.6 Å². The fraction of sp³-hybridized carbons (Fsp3) is 0.100. The number of carbonyl (C=O) groups is 1. The lowest BCUT2D eigenvalue weighted by Gasteiger charge is -2.12. The first-order valence-electron chi connectivity index (χ1n) is 8.31. The van der Waals surface area contributed by atoms with E-state index in [0.29, 0.717) is 17.8 Å². The number of nitrogens with one attached hydrogen (secondary N) is 2. The van der Waals surface area contributed by atoms with Crippen LogP contribution in [0.3, 0.4) is 0 Å². The summed E-state index contributed by atoms with van der Waals surface area (Å²) >= 11 is 0. The van der Waals surface area contributed by atoms with Crippen LogP contribution in [0.2, 0.25) is 0 Å². The Morgan fingerprint density at radius 3 is 2.41 bits per heavy atom. The molecule has 0 fully saturated rings. The maximum atomic E-state index is 12.7. The number of benzene rings is 2. The van der Waals surface area contributed by atoms with Crippen LogP contribution in [0, 0.1) is 6.92 Å². The molecule has 27 heavy (non-hydrogen) atoms. The van der Waals surface area contributed by atoms with Crippen molar-refractivity contribution in [3.05, 3.63) is 89.7 Å². The summed E-state index contributed by atoms with van der Waals surface area (Å²) in [5, 5.41) is 2.78. The van der Waals surface area contributed by atoms with Gasteiger partial charge in [0.25, 0.3) is 15.9 Å². The smallest absolute Gasteiger partial charge is 0.262 e. The quantitative estimate of drug-likeness (QED) is 0.687. The highest BCUT2D eigenvalue weighted by atomic mass is 32.2. The summed E-state index contributed by atoms with van der Waals surface area (Å²) in [5.74, 6) is -0.344. The summed E-state index contributed by atoms with van der Waals surface area (Å²) in [4.78, 5) is 16.4. The Bertz CT molecular complexity index is 1040. The highest BCUT2D eigenvalue weighted by molar-refractivity contribution is 7.92. The molecular formula is C20H19N3O3S. The van der Waals surface area contributed by atoms with Crippen molar-refractivity contribution in [1.82, 2.24) is 10.3 Å². The number of amides is 1. The standard InChI is InChI=1S/C20H19N3O3S/c1-15-7-8-17(20(24)22-14-16-9-11-21-12-10-16)13-19(15)27(25,26)23-18-5-3-2-4-6-18/h2-13,23H,14H2,1H3,(H,22,24). The van der Waals surface area contributed by atoms with E-state index in [4.69, 9.17) is 0 Å². The van der Waals surface area contributed by atoms with Gasteiger partial charge in [0, 0.05) is 30.2 Å². The topological polar surface area (TPSA) is 88.2 Å². The number of anilines is 1. The second kappa shape index (κ2) is 8.01. The van der Waals surface area contributed by atoms with E-state index in [1.807, 2.05) is 0 Å². The molecular weight excluding hydrogens is 362 g/mol. The molecule has 0 saturated heterocycles. The SMILES string of the molecule is Cc1ccc(C(=O)NCc2ccncc2)cc1S(=O)(=O)Nc1ccccc1. The van der Waals surface area contributed by atoms with Gasteiger partial charge in [-0.3, -0.25) is 14.5 Å². The Morgan fingerprint density at radius 1 is 1.00 bits per heavy atom. The molecule has 0 aliphatic heterocycles. The third-order valence-electron chi connectivity index (χ3n) is 3.97. The second-order valence-corrected chi connectivity index (χ2v) is 7.64. The number of carbonyl (C=O) groups excluding carboxylic acids is 1. The first-order chi connectivity index (χ1) is 13.0. The summed E-state index contributed by atoms with van der Waals surface area (Å²) in [6, 6.07) is 16.8. The van der Waals surface area contributed by atoms with Crippen molar-refractivity contribution in [3.8, 4) is 0 Å². The number of rotatable bonds is 6. The van der Waals surface area contributed by atoms with Gasteiger partial charge in [-0.2, -0.15) is 0 Å². The minimum Gasteiger partial charge on any atom is -0.348 e. The molecule has 0 atom stereocenters. The number of hydrogen-bond acceptors (Lipinski definition) is 4. The number of aromatic nitrogens is 1. The van der Waals surface area contributed by atoms with E-state index in [9.17, 15) is 13.2 Å². The molecule has 0 radical (unpaired) electrons. The van der Waals surface area contributed by atoms with Crippen molar-refractivity contribution in [1.29, 1.82) is 0 Å². The minimum atomic E-state index is -3.81. The summed E-state index contributed by atoms with van der Waals surface area (Å²) < 4.78 is 28.0. The van der Waals surface area contributed by atoms with Gasteiger partial charge in [0.05, 0.1) is 4.90 Å². The number of aryl methyl sites for hydroxylation is 1. The number of para-hydroxylation sites is 1. The van der Waals surface area contributed by atoms with E-state index in [2.05, 4.69) is 15.0 Å². The molecule has 0 aliphatic rings. The molecule has 0 spiro atoms. The second-order valence-electron chi connectivity index (χ2n) is 5.99. The van der Waals surface area contributed by atoms with Crippen LogP contribution in [-0.4, -0.2) is 19.3 Å². The van der Waals surface area contributed by atoms with E-state index in [0.717, 1.165) is 5.56 Å². The Balaban J connectivity index is 1.80. The summed E-state index contributed by atoms with van der Waals surface area (Å²) in [5.41, 5.74) is 2.21. The van der Waals surface area contributed by atoms with Gasteiger partial charge in [-0.05, 0) is 54.4 Å². The van der Waals surface area contributed by atoms with E-state index >= 15 is 0 Å². The summed E-state index contributed by atoms with van der Waals surface area (Å²) in [6.07, 6.45) is 3.29. The lowest BCUT2D eigenvalue weighted by molar-refractivity contribution is 0.0950. The van der Waals surface area contributed by atoms with E-state index in [-0.39, 0.29) is 16.4 Å². The summed E-state index contributed by atoms with van der Waals surface area (Å²) in [7, 11) is -3.81. The molecule has 0 aliphatic carbocycles. The monoisotopic (exact) mass is 381 g/mol. The van der Waals surface area contributed by atoms with Gasteiger partial charge in [0.15, 0.2) is 0 Å². The Morgan fingerprint density at radius 2 is 1.70 bits per heavy atom. The molecule has 2 aromatic carbocycles. The average Bonchev–Trinajstić information content (AvgIpc) is 2.67. The van der Waals surface area contributed by atoms with Crippen molar-refractivity contribution in [2.75, 3.05) is 4.72 Å². The van der Waals surface area contributed by atoms with Crippen molar-refractivity contribution >= 4 is 21.6 Å². The normalized spacial score (nSPS) is 11.0. The summed E-state index contributed by atoms with van der Waals surface area (Å²) in [6.45, 7) is 2.03. The molecule has 0 bridgehead atoms. The van der Waals surface area contributed by atoms with Crippen LogP contribution in [0.4, 0.5) is 5.69 Å². The molecule has 1 heterocycles. The molecule has 3 rings (SSSR count). The zero-order chi connectivity index (χ0) is 19.3. The molecule has 138 valence electrons. The van der Waals surface area contributed by atoms with Gasteiger partial charge in [0.1, 0.15) is 0 Å². The Kier molecular flexibility index (Phi) is 5.52. The first-order valence-corrected chi connectivity index (χ1v) is 9.80. The Labute approximate surface area is 158 Å². The van der Waals surface area contributed by atoms with Crippen LogP contribution in [0.25, 0.3) is 0 Å². The number of nitrogens with zero attached hydrogens (tertiary/aromatic N) is 1. The zero-order valence-corrected chi connectivity index (χ0v) is 15.5. The number of sulfonamides is 1. The van der Waals surface area contributed by atoms with Crippen LogP contribution in [0.1, 0.15) is 21.5 Å². The van der Waals surface area contributed by atoms with E-state index in [1.165, 1.54) is 6.07 Å². The third-order valence-corrected chi connectivity index (χ3v) is 5.49. The van der Waals surface area contributed by atoms with Crippen molar-refractivity contribution in [2.45, 2.75) is 18.4 Å². The fourth-order valence-electron chi connectivity index (χ4n) is 2.53. The van der Waals surface area contributed by atoms with Crippen LogP contribution < -0.4 is 10.0 Å². The lowest BCUT2D eigenvalue weighted by Crippen LogP contribution is -2.23. The highest BCUT2D eigenvalue weighted by Gasteiger charge is 2.19. The molecule has 2 N–H and O–H groups in total. The van der Waals surface area contributed by atoms with Gasteiger partial charge in [0.2, 0.25) is 0 Å². The molecule has 3 aromatic rings. The maximum absolute atomic E-state index is 12.7. The zero-order valence-electron chi connectivity index (χ0n) is 14.7. The van der Waals surface area contributed by atoms with Crippen LogP contribution in [0.15, 0.2) is 78.0 Å². The van der Waals surface area contributed by atoms with Gasteiger partial charge in [-0.1, -0.05) is 24.3 Å².